The van der Waals surface area contributed by atoms with E-state index in [0.29, 0.717) is 17.9 Å². The van der Waals surface area contributed by atoms with Crippen molar-refractivity contribution in [3.63, 3.8) is 0 Å². The van der Waals surface area contributed by atoms with Crippen LogP contribution in [0.1, 0.15) is 44.7 Å². The van der Waals surface area contributed by atoms with Crippen molar-refractivity contribution in [3.8, 4) is 0 Å². The highest BCUT2D eigenvalue weighted by atomic mass is 35.5. The van der Waals surface area contributed by atoms with Crippen LogP contribution in [0.4, 0.5) is 0 Å². The summed E-state index contributed by atoms with van der Waals surface area (Å²) >= 11 is 6.24. The summed E-state index contributed by atoms with van der Waals surface area (Å²) in [6.07, 6.45) is 5.41. The van der Waals surface area contributed by atoms with Gasteiger partial charge in [0.1, 0.15) is 0 Å². The molecule has 1 aliphatic rings. The average Bonchev–Trinajstić information content (AvgIpc) is 2.81. The summed E-state index contributed by atoms with van der Waals surface area (Å²) in [5.74, 6) is 1.18. The van der Waals surface area contributed by atoms with E-state index in [4.69, 9.17) is 11.6 Å². The first kappa shape index (κ1) is 12.9. The van der Waals surface area contributed by atoms with Crippen molar-refractivity contribution in [1.29, 1.82) is 0 Å². The quantitative estimate of drug-likeness (QED) is 0.897. The van der Waals surface area contributed by atoms with Crippen molar-refractivity contribution in [2.45, 2.75) is 45.1 Å². The summed E-state index contributed by atoms with van der Waals surface area (Å²) in [4.78, 5) is 0. The Labute approximate surface area is 109 Å². The van der Waals surface area contributed by atoms with E-state index < -0.39 is 0 Å². The standard InChI is InChI=1S/C13H22ClN3/c1-4-7-15-12-6-5-10(9(12)2)13-11(14)8-16-17(13)3/h8-10,12,15H,4-7H2,1-3H3. The minimum absolute atomic E-state index is 0.546. The molecule has 1 saturated carbocycles. The highest BCUT2D eigenvalue weighted by Crippen LogP contribution is 2.41. The van der Waals surface area contributed by atoms with Gasteiger partial charge in [-0.1, -0.05) is 25.4 Å². The number of aryl methyl sites for hydroxylation is 1. The first-order valence-corrected chi connectivity index (χ1v) is 6.93. The molecule has 1 aromatic rings. The van der Waals surface area contributed by atoms with Crippen LogP contribution in [0.3, 0.4) is 0 Å². The molecule has 0 radical (unpaired) electrons. The Kier molecular flexibility index (Phi) is 4.10. The summed E-state index contributed by atoms with van der Waals surface area (Å²) in [6, 6.07) is 0.630. The van der Waals surface area contributed by atoms with Crippen LogP contribution in [0.5, 0.6) is 0 Å². The monoisotopic (exact) mass is 255 g/mol. The van der Waals surface area contributed by atoms with E-state index >= 15 is 0 Å². The van der Waals surface area contributed by atoms with Gasteiger partial charge in [-0.2, -0.15) is 5.10 Å². The lowest BCUT2D eigenvalue weighted by Gasteiger charge is -2.22. The Morgan fingerprint density at radius 1 is 1.53 bits per heavy atom. The molecule has 0 bridgehead atoms. The second-order valence-corrected chi connectivity index (χ2v) is 5.51. The summed E-state index contributed by atoms with van der Waals surface area (Å²) in [5, 5.41) is 8.71. The van der Waals surface area contributed by atoms with Crippen molar-refractivity contribution in [3.05, 3.63) is 16.9 Å². The Morgan fingerprint density at radius 3 is 2.88 bits per heavy atom. The van der Waals surface area contributed by atoms with Crippen LogP contribution in [0.15, 0.2) is 6.20 Å². The number of nitrogens with zero attached hydrogens (tertiary/aromatic N) is 2. The largest absolute Gasteiger partial charge is 0.314 e. The van der Waals surface area contributed by atoms with Crippen LogP contribution in [0, 0.1) is 5.92 Å². The summed E-state index contributed by atoms with van der Waals surface area (Å²) in [7, 11) is 1.99. The second-order valence-electron chi connectivity index (χ2n) is 5.10. The Bertz CT molecular complexity index is 355. The fourth-order valence-electron chi connectivity index (χ4n) is 3.01. The Morgan fingerprint density at radius 2 is 2.29 bits per heavy atom. The third kappa shape index (κ3) is 2.50. The smallest absolute Gasteiger partial charge is 0.0820 e. The van der Waals surface area contributed by atoms with Gasteiger partial charge in [0.25, 0.3) is 0 Å². The van der Waals surface area contributed by atoms with E-state index in [1.54, 1.807) is 6.20 Å². The molecule has 1 fully saturated rings. The molecule has 0 aliphatic heterocycles. The number of nitrogens with one attached hydrogen (secondary N) is 1. The molecule has 3 nitrogen and oxygen atoms in total. The lowest BCUT2D eigenvalue weighted by atomic mass is 9.92. The van der Waals surface area contributed by atoms with Crippen molar-refractivity contribution in [2.75, 3.05) is 6.54 Å². The lowest BCUT2D eigenvalue weighted by Crippen LogP contribution is -2.33. The predicted molar refractivity (Wildman–Crippen MR) is 71.4 cm³/mol. The predicted octanol–water partition coefficient (Wildman–Crippen LogP) is 2.96. The van der Waals surface area contributed by atoms with E-state index in [2.05, 4.69) is 24.3 Å². The lowest BCUT2D eigenvalue weighted by molar-refractivity contribution is 0.396. The highest BCUT2D eigenvalue weighted by Gasteiger charge is 2.35. The van der Waals surface area contributed by atoms with Gasteiger partial charge in [0, 0.05) is 19.0 Å². The maximum Gasteiger partial charge on any atom is 0.0820 e. The maximum atomic E-state index is 6.24. The van der Waals surface area contributed by atoms with Crippen molar-refractivity contribution in [2.24, 2.45) is 13.0 Å². The fraction of sp³-hybridized carbons (Fsp3) is 0.769. The molecule has 17 heavy (non-hydrogen) atoms. The minimum Gasteiger partial charge on any atom is -0.314 e. The van der Waals surface area contributed by atoms with E-state index in [9.17, 15) is 0 Å². The molecule has 3 atom stereocenters. The van der Waals surface area contributed by atoms with Gasteiger partial charge in [0.2, 0.25) is 0 Å². The minimum atomic E-state index is 0.546. The zero-order valence-electron chi connectivity index (χ0n) is 10.9. The molecule has 1 aromatic heterocycles. The number of hydrogen-bond donors (Lipinski definition) is 1. The third-order valence-corrected chi connectivity index (χ3v) is 4.29. The van der Waals surface area contributed by atoms with Crippen molar-refractivity contribution < 1.29 is 0 Å². The number of halogens is 1. The molecule has 0 amide bonds. The first-order chi connectivity index (χ1) is 8.15. The van der Waals surface area contributed by atoms with Gasteiger partial charge in [0.15, 0.2) is 0 Å². The molecule has 2 rings (SSSR count). The molecule has 4 heteroatoms. The van der Waals surface area contributed by atoms with E-state index in [1.807, 2.05) is 11.7 Å². The maximum absolute atomic E-state index is 6.24. The second kappa shape index (κ2) is 5.40. The highest BCUT2D eigenvalue weighted by molar-refractivity contribution is 6.31. The van der Waals surface area contributed by atoms with Gasteiger partial charge in [-0.25, -0.2) is 0 Å². The molecule has 0 aromatic carbocycles. The molecule has 3 unspecified atom stereocenters. The van der Waals surface area contributed by atoms with E-state index in [1.165, 1.54) is 25.0 Å². The molecular formula is C13H22ClN3. The van der Waals surface area contributed by atoms with Crippen LogP contribution in [0.25, 0.3) is 0 Å². The molecule has 0 saturated heterocycles. The van der Waals surface area contributed by atoms with Crippen LogP contribution >= 0.6 is 11.6 Å². The van der Waals surface area contributed by atoms with Crippen LogP contribution in [0.2, 0.25) is 5.02 Å². The van der Waals surface area contributed by atoms with Gasteiger partial charge >= 0.3 is 0 Å². The van der Waals surface area contributed by atoms with Crippen LogP contribution in [-0.2, 0) is 7.05 Å². The van der Waals surface area contributed by atoms with Crippen LogP contribution in [-0.4, -0.2) is 22.4 Å². The molecule has 1 aliphatic carbocycles. The number of hydrogen-bond acceptors (Lipinski definition) is 2. The van der Waals surface area contributed by atoms with Crippen molar-refractivity contribution >= 4 is 11.6 Å². The topological polar surface area (TPSA) is 29.9 Å². The molecular weight excluding hydrogens is 234 g/mol. The van der Waals surface area contributed by atoms with E-state index in [-0.39, 0.29) is 0 Å². The summed E-state index contributed by atoms with van der Waals surface area (Å²) < 4.78 is 1.94. The molecule has 0 spiro atoms. The Hall–Kier alpha value is -0.540. The van der Waals surface area contributed by atoms with Crippen molar-refractivity contribution in [1.82, 2.24) is 15.1 Å². The summed E-state index contributed by atoms with van der Waals surface area (Å²) in [6.45, 7) is 5.65. The van der Waals surface area contributed by atoms with Crippen LogP contribution < -0.4 is 5.32 Å². The average molecular weight is 256 g/mol. The summed E-state index contributed by atoms with van der Waals surface area (Å²) in [5.41, 5.74) is 1.21. The van der Waals surface area contributed by atoms with Gasteiger partial charge in [-0.05, 0) is 31.7 Å². The number of rotatable bonds is 4. The molecule has 96 valence electrons. The van der Waals surface area contributed by atoms with Gasteiger partial charge in [-0.15, -0.1) is 0 Å². The number of aromatic nitrogens is 2. The normalized spacial score (nSPS) is 28.8. The molecule has 1 heterocycles. The zero-order valence-corrected chi connectivity index (χ0v) is 11.7. The van der Waals surface area contributed by atoms with E-state index in [0.717, 1.165) is 11.6 Å². The fourth-order valence-corrected chi connectivity index (χ4v) is 3.31. The first-order valence-electron chi connectivity index (χ1n) is 6.56. The third-order valence-electron chi connectivity index (χ3n) is 4.00. The van der Waals surface area contributed by atoms with Gasteiger partial charge in [-0.3, -0.25) is 4.68 Å². The molecule has 1 N–H and O–H groups in total. The van der Waals surface area contributed by atoms with Gasteiger partial charge < -0.3 is 5.32 Å². The van der Waals surface area contributed by atoms with Gasteiger partial charge in [0.05, 0.1) is 16.9 Å². The Balaban J connectivity index is 2.09. The zero-order chi connectivity index (χ0) is 12.4. The SMILES string of the molecule is CCCNC1CCC(c2c(Cl)cnn2C)C1C.